The SMILES string of the molecule is O=C(CCC(=O)N1CCc2sccc2C1)NCC1(N2CCOCC2)CCCCC1. The van der Waals surface area contributed by atoms with E-state index < -0.39 is 0 Å². The molecule has 2 fully saturated rings. The molecule has 3 aliphatic rings. The van der Waals surface area contributed by atoms with Gasteiger partial charge < -0.3 is 15.0 Å². The lowest BCUT2D eigenvalue weighted by Crippen LogP contribution is -2.59. The first kappa shape index (κ1) is 20.8. The molecule has 3 heterocycles. The van der Waals surface area contributed by atoms with E-state index in [0.717, 1.165) is 52.1 Å². The zero-order valence-corrected chi connectivity index (χ0v) is 18.1. The lowest BCUT2D eigenvalue weighted by Gasteiger charge is -2.48. The summed E-state index contributed by atoms with van der Waals surface area (Å²) in [5.74, 6) is 0.0994. The van der Waals surface area contributed by atoms with Gasteiger partial charge in [0.25, 0.3) is 0 Å². The van der Waals surface area contributed by atoms with E-state index in [1.54, 1.807) is 11.3 Å². The minimum Gasteiger partial charge on any atom is -0.379 e. The van der Waals surface area contributed by atoms with Crippen molar-refractivity contribution < 1.29 is 14.3 Å². The van der Waals surface area contributed by atoms with Crippen LogP contribution in [0, 0.1) is 0 Å². The maximum absolute atomic E-state index is 12.6. The van der Waals surface area contributed by atoms with E-state index in [1.165, 1.54) is 29.7 Å². The molecule has 4 rings (SSSR count). The van der Waals surface area contributed by atoms with Crippen molar-refractivity contribution in [1.29, 1.82) is 0 Å². The number of hydrogen-bond donors (Lipinski definition) is 1. The average Bonchev–Trinajstić information content (AvgIpc) is 3.25. The Morgan fingerprint density at radius 1 is 1.10 bits per heavy atom. The number of ether oxygens (including phenoxy) is 1. The van der Waals surface area contributed by atoms with E-state index in [4.69, 9.17) is 4.74 Å². The molecule has 1 N–H and O–H groups in total. The molecule has 0 unspecified atom stereocenters. The Morgan fingerprint density at radius 3 is 2.69 bits per heavy atom. The average molecular weight is 420 g/mol. The second-order valence-electron chi connectivity index (χ2n) is 8.60. The topological polar surface area (TPSA) is 61.9 Å². The zero-order valence-electron chi connectivity index (χ0n) is 17.3. The first-order valence-corrected chi connectivity index (χ1v) is 12.0. The van der Waals surface area contributed by atoms with E-state index >= 15 is 0 Å². The number of morpholine rings is 1. The van der Waals surface area contributed by atoms with Crippen LogP contribution < -0.4 is 5.32 Å². The van der Waals surface area contributed by atoms with Crippen LogP contribution in [-0.4, -0.2) is 66.5 Å². The van der Waals surface area contributed by atoms with E-state index in [0.29, 0.717) is 19.5 Å². The van der Waals surface area contributed by atoms with Crippen molar-refractivity contribution in [3.05, 3.63) is 21.9 Å². The standard InChI is InChI=1S/C22H33N3O3S/c26-20(4-5-21(27)24-10-6-19-18(16-24)7-15-29-19)23-17-22(8-2-1-3-9-22)25-11-13-28-14-12-25/h7,15H,1-6,8-14,16-17H2,(H,23,26). The highest BCUT2D eigenvalue weighted by Crippen LogP contribution is 2.34. The summed E-state index contributed by atoms with van der Waals surface area (Å²) >= 11 is 1.77. The van der Waals surface area contributed by atoms with Crippen molar-refractivity contribution in [2.45, 2.75) is 63.5 Å². The summed E-state index contributed by atoms with van der Waals surface area (Å²) in [5, 5.41) is 5.27. The van der Waals surface area contributed by atoms with Crippen molar-refractivity contribution in [3.63, 3.8) is 0 Å². The fourth-order valence-corrected chi connectivity index (χ4v) is 5.93. The third-order valence-electron chi connectivity index (χ3n) is 6.81. The Kier molecular flexibility index (Phi) is 6.88. The number of fused-ring (bicyclic) bond motifs is 1. The lowest BCUT2D eigenvalue weighted by atomic mass is 9.79. The van der Waals surface area contributed by atoms with Gasteiger partial charge >= 0.3 is 0 Å². The van der Waals surface area contributed by atoms with E-state index in [2.05, 4.69) is 21.7 Å². The largest absolute Gasteiger partial charge is 0.379 e. The number of rotatable bonds is 6. The van der Waals surface area contributed by atoms with Crippen molar-refractivity contribution >= 4 is 23.2 Å². The van der Waals surface area contributed by atoms with Crippen LogP contribution in [0.2, 0.25) is 0 Å². The summed E-state index contributed by atoms with van der Waals surface area (Å²) < 4.78 is 5.53. The van der Waals surface area contributed by atoms with Gasteiger partial charge in [0.05, 0.1) is 13.2 Å². The molecular weight excluding hydrogens is 386 g/mol. The van der Waals surface area contributed by atoms with Crippen molar-refractivity contribution in [3.8, 4) is 0 Å². The highest BCUT2D eigenvalue weighted by atomic mass is 32.1. The number of amides is 2. The minimum atomic E-state index is 0.00443. The van der Waals surface area contributed by atoms with Crippen LogP contribution in [0.15, 0.2) is 11.4 Å². The van der Waals surface area contributed by atoms with Crippen LogP contribution in [0.3, 0.4) is 0 Å². The van der Waals surface area contributed by atoms with Crippen molar-refractivity contribution in [2.75, 3.05) is 39.4 Å². The van der Waals surface area contributed by atoms with Crippen LogP contribution in [0.4, 0.5) is 0 Å². The van der Waals surface area contributed by atoms with Gasteiger partial charge in [0.2, 0.25) is 11.8 Å². The minimum absolute atomic E-state index is 0.00443. The molecule has 0 bridgehead atoms. The highest BCUT2D eigenvalue weighted by Gasteiger charge is 2.38. The number of thiophene rings is 1. The fourth-order valence-electron chi connectivity index (χ4n) is 5.04. The highest BCUT2D eigenvalue weighted by molar-refractivity contribution is 7.10. The summed E-state index contributed by atoms with van der Waals surface area (Å²) in [4.78, 5) is 30.9. The summed E-state index contributed by atoms with van der Waals surface area (Å²) in [6.45, 7) is 5.63. The van der Waals surface area contributed by atoms with Gasteiger partial charge in [-0.25, -0.2) is 0 Å². The van der Waals surface area contributed by atoms with Gasteiger partial charge in [0.15, 0.2) is 0 Å². The summed E-state index contributed by atoms with van der Waals surface area (Å²) in [6.07, 6.45) is 7.55. The number of nitrogens with zero attached hydrogens (tertiary/aromatic N) is 2. The molecule has 1 aromatic heterocycles. The molecule has 1 saturated heterocycles. The predicted octanol–water partition coefficient (Wildman–Crippen LogP) is 2.56. The molecule has 0 radical (unpaired) electrons. The number of nitrogens with one attached hydrogen (secondary N) is 1. The Hall–Kier alpha value is -1.44. The smallest absolute Gasteiger partial charge is 0.223 e. The second-order valence-corrected chi connectivity index (χ2v) is 9.60. The monoisotopic (exact) mass is 419 g/mol. The van der Waals surface area contributed by atoms with Gasteiger partial charge in [-0.2, -0.15) is 0 Å². The second kappa shape index (κ2) is 9.58. The van der Waals surface area contributed by atoms with Crippen molar-refractivity contribution in [1.82, 2.24) is 15.1 Å². The van der Waals surface area contributed by atoms with Crippen LogP contribution in [-0.2, 0) is 27.3 Å². The van der Waals surface area contributed by atoms with Crippen molar-refractivity contribution in [2.24, 2.45) is 0 Å². The Bertz CT molecular complexity index is 708. The van der Waals surface area contributed by atoms with Gasteiger partial charge in [-0.05, 0) is 36.3 Å². The van der Waals surface area contributed by atoms with Crippen LogP contribution in [0.5, 0.6) is 0 Å². The first-order chi connectivity index (χ1) is 14.2. The molecular formula is C22H33N3O3S. The fraction of sp³-hybridized carbons (Fsp3) is 0.727. The molecule has 0 spiro atoms. The maximum Gasteiger partial charge on any atom is 0.223 e. The van der Waals surface area contributed by atoms with E-state index in [1.807, 2.05) is 4.90 Å². The maximum atomic E-state index is 12.6. The van der Waals surface area contributed by atoms with E-state index in [9.17, 15) is 9.59 Å². The summed E-state index contributed by atoms with van der Waals surface area (Å²) in [6, 6.07) is 2.11. The number of hydrogen-bond acceptors (Lipinski definition) is 5. The Labute approximate surface area is 177 Å². The zero-order chi connectivity index (χ0) is 20.1. The quantitative estimate of drug-likeness (QED) is 0.770. The third kappa shape index (κ3) is 5.01. The molecule has 7 heteroatoms. The third-order valence-corrected chi connectivity index (χ3v) is 7.83. The van der Waals surface area contributed by atoms with Gasteiger partial charge in [0, 0.05) is 56.0 Å². The molecule has 2 aliphatic heterocycles. The van der Waals surface area contributed by atoms with Gasteiger partial charge in [-0.15, -0.1) is 11.3 Å². The van der Waals surface area contributed by atoms with Crippen LogP contribution in [0.1, 0.15) is 55.4 Å². The molecule has 2 amide bonds. The number of carbonyl (C=O) groups is 2. The Balaban J connectivity index is 1.25. The lowest BCUT2D eigenvalue weighted by molar-refractivity contribution is -0.134. The summed E-state index contributed by atoms with van der Waals surface area (Å²) in [5.41, 5.74) is 1.34. The first-order valence-electron chi connectivity index (χ1n) is 11.1. The molecule has 6 nitrogen and oxygen atoms in total. The molecule has 0 aromatic carbocycles. The molecule has 29 heavy (non-hydrogen) atoms. The van der Waals surface area contributed by atoms with Gasteiger partial charge in [-0.1, -0.05) is 19.3 Å². The normalized spacial score (nSPS) is 22.1. The van der Waals surface area contributed by atoms with E-state index in [-0.39, 0.29) is 23.8 Å². The van der Waals surface area contributed by atoms with Gasteiger partial charge in [-0.3, -0.25) is 14.5 Å². The molecule has 0 atom stereocenters. The summed E-state index contributed by atoms with van der Waals surface area (Å²) in [7, 11) is 0. The van der Waals surface area contributed by atoms with Crippen LogP contribution in [0.25, 0.3) is 0 Å². The van der Waals surface area contributed by atoms with Crippen LogP contribution >= 0.6 is 11.3 Å². The number of carbonyl (C=O) groups excluding carboxylic acids is 2. The molecule has 1 aliphatic carbocycles. The van der Waals surface area contributed by atoms with Gasteiger partial charge in [0.1, 0.15) is 0 Å². The predicted molar refractivity (Wildman–Crippen MR) is 114 cm³/mol. The molecule has 160 valence electrons. The molecule has 1 saturated carbocycles. The Morgan fingerprint density at radius 2 is 1.90 bits per heavy atom. The molecule has 1 aromatic rings.